The molecule has 0 saturated carbocycles. The van der Waals surface area contributed by atoms with E-state index in [4.69, 9.17) is 14.9 Å². The first-order valence-electron chi connectivity index (χ1n) is 6.70. The molecule has 0 unspecified atom stereocenters. The van der Waals surface area contributed by atoms with Crippen molar-refractivity contribution < 1.29 is 13.9 Å². The fourth-order valence-corrected chi connectivity index (χ4v) is 2.47. The first-order valence-corrected chi connectivity index (χ1v) is 6.70. The van der Waals surface area contributed by atoms with E-state index in [1.54, 1.807) is 14.0 Å². The van der Waals surface area contributed by atoms with E-state index < -0.39 is 6.03 Å². The predicted molar refractivity (Wildman–Crippen MR) is 85.2 cm³/mol. The van der Waals surface area contributed by atoms with Crippen LogP contribution in [0.3, 0.4) is 0 Å². The van der Waals surface area contributed by atoms with E-state index in [9.17, 15) is 4.79 Å². The van der Waals surface area contributed by atoms with Crippen molar-refractivity contribution in [1.29, 1.82) is 0 Å². The number of hydrazone groups is 1. The second-order valence-electron chi connectivity index (χ2n) is 4.79. The van der Waals surface area contributed by atoms with E-state index in [-0.39, 0.29) is 0 Å². The zero-order chi connectivity index (χ0) is 15.7. The number of hydrogen-bond acceptors (Lipinski definition) is 4. The number of ether oxygens (including phenoxy) is 1. The second kappa shape index (κ2) is 5.40. The zero-order valence-corrected chi connectivity index (χ0v) is 12.2. The maximum Gasteiger partial charge on any atom is 0.332 e. The molecule has 3 N–H and O–H groups in total. The lowest BCUT2D eigenvalue weighted by Crippen LogP contribution is -2.25. The van der Waals surface area contributed by atoms with Crippen molar-refractivity contribution >= 4 is 33.7 Å². The minimum Gasteiger partial charge on any atom is -0.493 e. The number of hydrogen-bond donors (Lipinski definition) is 2. The lowest BCUT2D eigenvalue weighted by molar-refractivity contribution is 0.249. The molecule has 0 spiro atoms. The van der Waals surface area contributed by atoms with Gasteiger partial charge in [-0.1, -0.05) is 18.2 Å². The number of methoxy groups -OCH3 is 1. The summed E-state index contributed by atoms with van der Waals surface area (Å²) in [5.74, 6) is 0.644. The topological polar surface area (TPSA) is 89.9 Å². The molecule has 22 heavy (non-hydrogen) atoms. The van der Waals surface area contributed by atoms with Gasteiger partial charge < -0.3 is 14.9 Å². The van der Waals surface area contributed by atoms with Crippen LogP contribution in [0.1, 0.15) is 12.5 Å². The number of para-hydroxylation sites is 1. The minimum atomic E-state index is -0.707. The first-order chi connectivity index (χ1) is 10.6. The van der Waals surface area contributed by atoms with Crippen LogP contribution in [0.5, 0.6) is 5.75 Å². The van der Waals surface area contributed by atoms with Crippen molar-refractivity contribution in [1.82, 2.24) is 5.43 Å². The number of nitrogens with zero attached hydrogens (tertiary/aromatic N) is 1. The van der Waals surface area contributed by atoms with Gasteiger partial charge in [-0.05, 0) is 25.1 Å². The van der Waals surface area contributed by atoms with Gasteiger partial charge in [-0.25, -0.2) is 10.2 Å². The fourth-order valence-electron chi connectivity index (χ4n) is 2.47. The van der Waals surface area contributed by atoms with Gasteiger partial charge in [-0.2, -0.15) is 5.10 Å². The largest absolute Gasteiger partial charge is 0.493 e. The Kier molecular flexibility index (Phi) is 3.42. The Morgan fingerprint density at radius 2 is 2.05 bits per heavy atom. The van der Waals surface area contributed by atoms with Gasteiger partial charge in [0.25, 0.3) is 0 Å². The van der Waals surface area contributed by atoms with Crippen LogP contribution in [0.15, 0.2) is 45.9 Å². The number of primary amides is 1. The predicted octanol–water partition coefficient (Wildman–Crippen LogP) is 2.99. The molecule has 2 aromatic carbocycles. The number of carbonyl (C=O) groups is 1. The molecular formula is C16H15N3O3. The molecule has 0 fully saturated rings. The van der Waals surface area contributed by atoms with Crippen LogP contribution in [0, 0.1) is 0 Å². The van der Waals surface area contributed by atoms with Gasteiger partial charge in [0, 0.05) is 16.3 Å². The number of amides is 2. The van der Waals surface area contributed by atoms with E-state index in [2.05, 4.69) is 10.5 Å². The number of nitrogens with one attached hydrogen (secondary N) is 1. The van der Waals surface area contributed by atoms with Crippen LogP contribution in [-0.2, 0) is 0 Å². The lowest BCUT2D eigenvalue weighted by atomic mass is 10.0. The van der Waals surface area contributed by atoms with Crippen LogP contribution in [-0.4, -0.2) is 18.9 Å². The van der Waals surface area contributed by atoms with Crippen LogP contribution in [0.25, 0.3) is 21.9 Å². The molecule has 2 amide bonds. The van der Waals surface area contributed by atoms with Gasteiger partial charge in [0.2, 0.25) is 0 Å². The third kappa shape index (κ3) is 2.24. The number of nitrogens with two attached hydrogens (primary N) is 1. The summed E-state index contributed by atoms with van der Waals surface area (Å²) < 4.78 is 11.3. The molecule has 0 saturated heterocycles. The normalized spacial score (nSPS) is 11.8. The maximum absolute atomic E-state index is 10.8. The summed E-state index contributed by atoms with van der Waals surface area (Å²) in [6, 6.07) is 10.7. The summed E-state index contributed by atoms with van der Waals surface area (Å²) in [5.41, 5.74) is 10.2. The van der Waals surface area contributed by atoms with E-state index in [0.717, 1.165) is 21.9 Å². The Morgan fingerprint density at radius 3 is 2.77 bits per heavy atom. The highest BCUT2D eigenvalue weighted by molar-refractivity contribution is 6.19. The minimum absolute atomic E-state index is 0.623. The molecule has 3 rings (SSSR count). The summed E-state index contributed by atoms with van der Waals surface area (Å²) in [6.45, 7) is 1.79. The van der Waals surface area contributed by atoms with Gasteiger partial charge in [-0.15, -0.1) is 0 Å². The average Bonchev–Trinajstić information content (AvgIpc) is 2.91. The van der Waals surface area contributed by atoms with Crippen LogP contribution in [0.4, 0.5) is 4.79 Å². The van der Waals surface area contributed by atoms with Gasteiger partial charge in [0.05, 0.1) is 12.8 Å². The van der Waals surface area contributed by atoms with Gasteiger partial charge >= 0.3 is 6.03 Å². The van der Waals surface area contributed by atoms with Crippen LogP contribution < -0.4 is 15.9 Å². The van der Waals surface area contributed by atoms with Gasteiger partial charge in [-0.3, -0.25) is 0 Å². The van der Waals surface area contributed by atoms with E-state index in [0.29, 0.717) is 17.0 Å². The number of furan rings is 1. The molecule has 6 heteroatoms. The Bertz CT molecular complexity index is 896. The summed E-state index contributed by atoms with van der Waals surface area (Å²) in [6.07, 6.45) is 0. The smallest absolute Gasteiger partial charge is 0.332 e. The Hall–Kier alpha value is -3.02. The number of benzene rings is 2. The highest BCUT2D eigenvalue weighted by Crippen LogP contribution is 2.37. The number of carbonyl (C=O) groups excluding carboxylic acids is 1. The van der Waals surface area contributed by atoms with Crippen molar-refractivity contribution in [2.24, 2.45) is 10.8 Å². The van der Waals surface area contributed by atoms with Gasteiger partial charge in [0.1, 0.15) is 5.58 Å². The molecule has 0 aliphatic rings. The zero-order valence-electron chi connectivity index (χ0n) is 12.2. The monoisotopic (exact) mass is 297 g/mol. The maximum atomic E-state index is 10.8. The molecule has 6 nitrogen and oxygen atoms in total. The lowest BCUT2D eigenvalue weighted by Gasteiger charge is -2.06. The Morgan fingerprint density at radius 1 is 1.27 bits per heavy atom. The number of fused-ring (bicyclic) bond motifs is 3. The molecular weight excluding hydrogens is 282 g/mol. The highest BCUT2D eigenvalue weighted by atomic mass is 16.5. The van der Waals surface area contributed by atoms with E-state index in [1.807, 2.05) is 36.4 Å². The van der Waals surface area contributed by atoms with Crippen molar-refractivity contribution in [3.8, 4) is 5.75 Å². The molecule has 112 valence electrons. The van der Waals surface area contributed by atoms with Gasteiger partial charge in [0.15, 0.2) is 11.3 Å². The van der Waals surface area contributed by atoms with Crippen LogP contribution >= 0.6 is 0 Å². The standard InChI is InChI=1S/C16H15N3O3/c1-9(18-19-16(17)20)10-7-8-13(21-2)15-14(10)11-5-3-4-6-12(11)22-15/h3-8H,1-2H3,(H3,17,19,20)/b18-9-. The summed E-state index contributed by atoms with van der Waals surface area (Å²) in [5, 5.41) is 5.85. The highest BCUT2D eigenvalue weighted by Gasteiger charge is 2.16. The molecule has 0 atom stereocenters. The summed E-state index contributed by atoms with van der Waals surface area (Å²) >= 11 is 0. The second-order valence-corrected chi connectivity index (χ2v) is 4.79. The molecule has 1 heterocycles. The molecule has 0 aliphatic heterocycles. The molecule has 0 radical (unpaired) electrons. The number of urea groups is 1. The summed E-state index contributed by atoms with van der Waals surface area (Å²) in [4.78, 5) is 10.8. The third-order valence-corrected chi connectivity index (χ3v) is 3.43. The Labute approximate surface area is 126 Å². The van der Waals surface area contributed by atoms with Crippen LogP contribution in [0.2, 0.25) is 0 Å². The van der Waals surface area contributed by atoms with Crippen molar-refractivity contribution in [3.05, 3.63) is 42.0 Å². The number of rotatable bonds is 3. The quantitative estimate of drug-likeness (QED) is 0.575. The molecule has 0 bridgehead atoms. The summed E-state index contributed by atoms with van der Waals surface area (Å²) in [7, 11) is 1.59. The first kappa shape index (κ1) is 13.9. The van der Waals surface area contributed by atoms with Crippen molar-refractivity contribution in [3.63, 3.8) is 0 Å². The van der Waals surface area contributed by atoms with E-state index in [1.165, 1.54) is 0 Å². The van der Waals surface area contributed by atoms with E-state index >= 15 is 0 Å². The molecule has 3 aromatic rings. The SMILES string of the molecule is COc1ccc(/C(C)=N\NC(N)=O)c2c1oc1ccccc12. The Balaban J connectivity index is 2.31. The average molecular weight is 297 g/mol. The van der Waals surface area contributed by atoms with Crippen molar-refractivity contribution in [2.45, 2.75) is 6.92 Å². The third-order valence-electron chi connectivity index (χ3n) is 3.43. The fraction of sp³-hybridized carbons (Fsp3) is 0.125. The van der Waals surface area contributed by atoms with Crippen molar-refractivity contribution in [2.75, 3.05) is 7.11 Å². The molecule has 0 aliphatic carbocycles. The molecule has 1 aromatic heterocycles.